The van der Waals surface area contributed by atoms with Crippen LogP contribution in [0.1, 0.15) is 15.9 Å². The molecule has 0 amide bonds. The van der Waals surface area contributed by atoms with Gasteiger partial charge >= 0.3 is 5.97 Å². The Morgan fingerprint density at radius 1 is 1.29 bits per heavy atom. The van der Waals surface area contributed by atoms with Crippen LogP contribution in [0.3, 0.4) is 0 Å². The smallest absolute Gasteiger partial charge is 0.335 e. The second kappa shape index (κ2) is 5.20. The van der Waals surface area contributed by atoms with Crippen molar-refractivity contribution in [2.45, 2.75) is 6.92 Å². The Morgan fingerprint density at radius 3 is 2.86 bits per heavy atom. The molecule has 2 heterocycles. The van der Waals surface area contributed by atoms with E-state index in [9.17, 15) is 4.79 Å². The van der Waals surface area contributed by atoms with E-state index in [4.69, 9.17) is 5.11 Å². The number of rotatable bonds is 3. The van der Waals surface area contributed by atoms with Crippen LogP contribution in [0.15, 0.2) is 55.2 Å². The molecule has 0 radical (unpaired) electrons. The molecule has 0 fully saturated rings. The quantitative estimate of drug-likeness (QED) is 0.800. The number of hydrogen-bond donors (Lipinski definition) is 1. The fourth-order valence-electron chi connectivity index (χ4n) is 2.14. The lowest BCUT2D eigenvalue weighted by Crippen LogP contribution is -2.00. The molecule has 5 heteroatoms. The number of aromatic carboxylic acids is 1. The number of nitrogens with zero attached hydrogens (tertiary/aromatic N) is 3. The van der Waals surface area contributed by atoms with Crippen LogP contribution >= 0.6 is 0 Å². The first-order valence-corrected chi connectivity index (χ1v) is 6.44. The topological polar surface area (TPSA) is 68.0 Å². The zero-order valence-corrected chi connectivity index (χ0v) is 11.4. The van der Waals surface area contributed by atoms with E-state index >= 15 is 0 Å². The van der Waals surface area contributed by atoms with Crippen LogP contribution in [0.5, 0.6) is 0 Å². The predicted octanol–water partition coefficient (Wildman–Crippen LogP) is 2.94. The lowest BCUT2D eigenvalue weighted by atomic mass is 10.1. The van der Waals surface area contributed by atoms with Crippen molar-refractivity contribution in [2.75, 3.05) is 0 Å². The van der Waals surface area contributed by atoms with Crippen LogP contribution in [0.25, 0.3) is 16.9 Å². The normalized spacial score (nSPS) is 10.5. The largest absolute Gasteiger partial charge is 0.478 e. The molecule has 3 rings (SSSR count). The number of carbonyl (C=O) groups is 1. The van der Waals surface area contributed by atoms with Crippen LogP contribution in [-0.2, 0) is 0 Å². The number of aromatic nitrogens is 3. The van der Waals surface area contributed by atoms with E-state index in [0.29, 0.717) is 0 Å². The number of pyridine rings is 1. The van der Waals surface area contributed by atoms with Crippen molar-refractivity contribution in [3.8, 4) is 16.9 Å². The van der Waals surface area contributed by atoms with E-state index in [2.05, 4.69) is 9.97 Å². The number of carboxylic acid groups (broad SMARTS) is 1. The third-order valence-electron chi connectivity index (χ3n) is 3.27. The van der Waals surface area contributed by atoms with Crippen molar-refractivity contribution in [3.05, 3.63) is 66.4 Å². The minimum atomic E-state index is -0.941. The Bertz CT molecular complexity index is 794. The van der Waals surface area contributed by atoms with E-state index in [1.165, 1.54) is 0 Å². The number of benzene rings is 1. The predicted molar refractivity (Wildman–Crippen MR) is 78.5 cm³/mol. The average molecular weight is 279 g/mol. The highest BCUT2D eigenvalue weighted by atomic mass is 16.4. The van der Waals surface area contributed by atoms with Crippen molar-refractivity contribution < 1.29 is 9.90 Å². The molecule has 0 aliphatic heterocycles. The summed E-state index contributed by atoms with van der Waals surface area (Å²) in [5.74, 6) is -0.941. The van der Waals surface area contributed by atoms with Gasteiger partial charge in [-0.1, -0.05) is 6.07 Å². The van der Waals surface area contributed by atoms with Gasteiger partial charge in [-0.05, 0) is 36.8 Å². The van der Waals surface area contributed by atoms with Gasteiger partial charge in [-0.25, -0.2) is 9.78 Å². The van der Waals surface area contributed by atoms with Crippen LogP contribution in [0.4, 0.5) is 0 Å². The summed E-state index contributed by atoms with van der Waals surface area (Å²) in [7, 11) is 0. The monoisotopic (exact) mass is 279 g/mol. The summed E-state index contributed by atoms with van der Waals surface area (Å²) in [6.07, 6.45) is 7.00. The van der Waals surface area contributed by atoms with E-state index < -0.39 is 5.97 Å². The van der Waals surface area contributed by atoms with Crippen molar-refractivity contribution in [1.82, 2.24) is 14.5 Å². The number of carboxylic acids is 1. The molecule has 3 aromatic rings. The Kier molecular flexibility index (Phi) is 3.23. The van der Waals surface area contributed by atoms with Gasteiger partial charge in [0, 0.05) is 24.2 Å². The van der Waals surface area contributed by atoms with Crippen molar-refractivity contribution in [3.63, 3.8) is 0 Å². The second-order valence-electron chi connectivity index (χ2n) is 4.71. The SMILES string of the molecule is Cc1ccc(C(=O)O)cc1-n1cnc(-c2cccnc2)c1. The summed E-state index contributed by atoms with van der Waals surface area (Å²) in [5, 5.41) is 9.10. The van der Waals surface area contributed by atoms with Gasteiger partial charge in [0.25, 0.3) is 0 Å². The van der Waals surface area contributed by atoms with Gasteiger partial charge in [0.1, 0.15) is 0 Å². The van der Waals surface area contributed by atoms with E-state index in [1.807, 2.05) is 29.8 Å². The first kappa shape index (κ1) is 13.1. The highest BCUT2D eigenvalue weighted by Gasteiger charge is 2.09. The van der Waals surface area contributed by atoms with Gasteiger partial charge in [0.15, 0.2) is 0 Å². The van der Waals surface area contributed by atoms with Crippen LogP contribution in [0, 0.1) is 6.92 Å². The summed E-state index contributed by atoms with van der Waals surface area (Å²) < 4.78 is 1.82. The molecular formula is C16H13N3O2. The summed E-state index contributed by atoms with van der Waals surface area (Å²) in [6.45, 7) is 1.94. The number of imidazole rings is 1. The highest BCUT2D eigenvalue weighted by molar-refractivity contribution is 5.88. The zero-order valence-electron chi connectivity index (χ0n) is 11.4. The summed E-state index contributed by atoms with van der Waals surface area (Å²) in [6, 6.07) is 8.82. The fourth-order valence-corrected chi connectivity index (χ4v) is 2.14. The molecule has 0 atom stereocenters. The Hall–Kier alpha value is -2.95. The molecule has 0 aliphatic rings. The molecule has 104 valence electrons. The number of aryl methyl sites for hydroxylation is 1. The molecule has 0 unspecified atom stereocenters. The van der Waals surface area contributed by atoms with E-state index in [-0.39, 0.29) is 5.56 Å². The molecular weight excluding hydrogens is 266 g/mol. The molecule has 0 bridgehead atoms. The maximum atomic E-state index is 11.1. The summed E-state index contributed by atoms with van der Waals surface area (Å²) >= 11 is 0. The molecule has 5 nitrogen and oxygen atoms in total. The minimum absolute atomic E-state index is 0.257. The lowest BCUT2D eigenvalue weighted by Gasteiger charge is -2.07. The molecule has 0 aliphatic carbocycles. The third-order valence-corrected chi connectivity index (χ3v) is 3.27. The molecule has 0 spiro atoms. The van der Waals surface area contributed by atoms with Gasteiger partial charge in [0.05, 0.1) is 23.3 Å². The van der Waals surface area contributed by atoms with Gasteiger partial charge in [-0.2, -0.15) is 0 Å². The molecule has 1 aromatic carbocycles. The maximum absolute atomic E-state index is 11.1. The molecule has 1 N–H and O–H groups in total. The molecule has 0 saturated heterocycles. The molecule has 2 aromatic heterocycles. The average Bonchev–Trinajstić information content (AvgIpc) is 2.98. The first-order chi connectivity index (χ1) is 10.1. The maximum Gasteiger partial charge on any atom is 0.335 e. The van der Waals surface area contributed by atoms with E-state index in [1.54, 1.807) is 36.9 Å². The van der Waals surface area contributed by atoms with Crippen molar-refractivity contribution >= 4 is 5.97 Å². The van der Waals surface area contributed by atoms with Gasteiger partial charge in [0.2, 0.25) is 0 Å². The Morgan fingerprint density at radius 2 is 2.14 bits per heavy atom. The van der Waals surface area contributed by atoms with Crippen LogP contribution in [0.2, 0.25) is 0 Å². The van der Waals surface area contributed by atoms with Gasteiger partial charge < -0.3 is 9.67 Å². The minimum Gasteiger partial charge on any atom is -0.478 e. The fraction of sp³-hybridized carbons (Fsp3) is 0.0625. The van der Waals surface area contributed by atoms with E-state index in [0.717, 1.165) is 22.5 Å². The van der Waals surface area contributed by atoms with Gasteiger partial charge in [-0.3, -0.25) is 4.98 Å². The standard InChI is InChI=1S/C16H13N3O2/c1-11-4-5-12(16(20)21)7-15(11)19-9-14(18-10-19)13-3-2-6-17-8-13/h2-10H,1H3,(H,20,21). The van der Waals surface area contributed by atoms with Crippen LogP contribution < -0.4 is 0 Å². The summed E-state index contributed by atoms with van der Waals surface area (Å²) in [4.78, 5) is 19.5. The second-order valence-corrected chi connectivity index (χ2v) is 4.71. The van der Waals surface area contributed by atoms with Gasteiger partial charge in [-0.15, -0.1) is 0 Å². The third kappa shape index (κ3) is 2.53. The first-order valence-electron chi connectivity index (χ1n) is 6.44. The Balaban J connectivity index is 2.04. The zero-order chi connectivity index (χ0) is 14.8. The van der Waals surface area contributed by atoms with Crippen molar-refractivity contribution in [2.24, 2.45) is 0 Å². The van der Waals surface area contributed by atoms with Crippen molar-refractivity contribution in [1.29, 1.82) is 0 Å². The lowest BCUT2D eigenvalue weighted by molar-refractivity contribution is 0.0697. The summed E-state index contributed by atoms with van der Waals surface area (Å²) in [5.41, 5.74) is 3.76. The van der Waals surface area contributed by atoms with Crippen LogP contribution in [-0.4, -0.2) is 25.6 Å². The highest BCUT2D eigenvalue weighted by Crippen LogP contribution is 2.21. The molecule has 0 saturated carbocycles. The Labute approximate surface area is 121 Å². The molecule has 21 heavy (non-hydrogen) atoms. The number of hydrogen-bond acceptors (Lipinski definition) is 3.